The Labute approximate surface area is 173 Å². The van der Waals surface area contributed by atoms with E-state index < -0.39 is 5.97 Å². The maximum atomic E-state index is 12.2. The molecule has 3 nitrogen and oxygen atoms in total. The second kappa shape index (κ2) is 8.93. The molecule has 0 spiro atoms. The highest BCUT2D eigenvalue weighted by Crippen LogP contribution is 2.20. The van der Waals surface area contributed by atoms with Crippen LogP contribution in [0.3, 0.4) is 0 Å². The molecule has 3 aromatic carbocycles. The predicted molar refractivity (Wildman–Crippen MR) is 113 cm³/mol. The summed E-state index contributed by atoms with van der Waals surface area (Å²) in [5.74, 6) is -0.0738. The molecule has 27 heavy (non-hydrogen) atoms. The highest BCUT2D eigenvalue weighted by Gasteiger charge is 2.11. The summed E-state index contributed by atoms with van der Waals surface area (Å²) in [4.78, 5) is 24.4. The van der Waals surface area contributed by atoms with Crippen LogP contribution in [0.4, 0.5) is 0 Å². The SMILES string of the molecule is O=C(C=Cc1ccc(OC(=O)c2ccccc2Br)cc1)c1ccc(Br)cc1. The number of carbonyl (C=O) groups is 2. The van der Waals surface area contributed by atoms with E-state index in [9.17, 15) is 9.59 Å². The summed E-state index contributed by atoms with van der Waals surface area (Å²) in [6.45, 7) is 0. The van der Waals surface area contributed by atoms with Gasteiger partial charge in [-0.3, -0.25) is 4.79 Å². The smallest absolute Gasteiger partial charge is 0.344 e. The fourth-order valence-electron chi connectivity index (χ4n) is 2.32. The van der Waals surface area contributed by atoms with Crippen LogP contribution in [0.1, 0.15) is 26.3 Å². The number of benzene rings is 3. The molecule has 0 bridgehead atoms. The number of hydrogen-bond donors (Lipinski definition) is 0. The van der Waals surface area contributed by atoms with Crippen molar-refractivity contribution in [1.29, 1.82) is 0 Å². The Hall–Kier alpha value is -2.50. The molecule has 0 fully saturated rings. The van der Waals surface area contributed by atoms with Crippen molar-refractivity contribution in [3.8, 4) is 5.75 Å². The number of halogens is 2. The van der Waals surface area contributed by atoms with Crippen LogP contribution in [0, 0.1) is 0 Å². The van der Waals surface area contributed by atoms with Gasteiger partial charge in [0.15, 0.2) is 5.78 Å². The minimum absolute atomic E-state index is 0.0769. The third-order valence-corrected chi connectivity index (χ3v) is 4.96. The van der Waals surface area contributed by atoms with Gasteiger partial charge in [0.05, 0.1) is 5.56 Å². The second-order valence-corrected chi connectivity index (χ2v) is 7.41. The fourth-order valence-corrected chi connectivity index (χ4v) is 3.03. The van der Waals surface area contributed by atoms with E-state index in [1.807, 2.05) is 18.2 Å². The van der Waals surface area contributed by atoms with Gasteiger partial charge in [0.25, 0.3) is 0 Å². The molecule has 0 aliphatic rings. The molecular formula is C22H14Br2O3. The van der Waals surface area contributed by atoms with Gasteiger partial charge in [0.2, 0.25) is 0 Å². The third-order valence-electron chi connectivity index (χ3n) is 3.74. The Kier molecular flexibility index (Phi) is 6.37. The first kappa shape index (κ1) is 19.3. The van der Waals surface area contributed by atoms with E-state index in [1.165, 1.54) is 6.08 Å². The highest BCUT2D eigenvalue weighted by molar-refractivity contribution is 9.10. The zero-order valence-corrected chi connectivity index (χ0v) is 17.2. The Morgan fingerprint density at radius 1 is 0.815 bits per heavy atom. The van der Waals surface area contributed by atoms with Crippen molar-refractivity contribution in [3.05, 3.63) is 105 Å². The lowest BCUT2D eigenvalue weighted by atomic mass is 10.1. The van der Waals surface area contributed by atoms with Crippen molar-refractivity contribution in [2.45, 2.75) is 0 Å². The number of hydrogen-bond acceptors (Lipinski definition) is 3. The molecule has 0 unspecified atom stereocenters. The number of rotatable bonds is 5. The number of esters is 1. The van der Waals surface area contributed by atoms with Gasteiger partial charge in [-0.15, -0.1) is 0 Å². The van der Waals surface area contributed by atoms with Gasteiger partial charge in [-0.2, -0.15) is 0 Å². The molecule has 0 aromatic heterocycles. The molecule has 0 saturated heterocycles. The van der Waals surface area contributed by atoms with E-state index in [2.05, 4.69) is 31.9 Å². The van der Waals surface area contributed by atoms with Gasteiger partial charge in [0.1, 0.15) is 5.75 Å². The number of allylic oxidation sites excluding steroid dienone is 1. The van der Waals surface area contributed by atoms with Crippen LogP contribution in [0.25, 0.3) is 6.08 Å². The Morgan fingerprint density at radius 2 is 1.48 bits per heavy atom. The van der Waals surface area contributed by atoms with E-state index >= 15 is 0 Å². The van der Waals surface area contributed by atoms with Gasteiger partial charge >= 0.3 is 5.97 Å². The lowest BCUT2D eigenvalue weighted by Gasteiger charge is -2.06. The molecule has 0 N–H and O–H groups in total. The van der Waals surface area contributed by atoms with Gasteiger partial charge in [-0.1, -0.05) is 46.3 Å². The van der Waals surface area contributed by atoms with Crippen LogP contribution in [0.15, 0.2) is 87.8 Å². The molecule has 0 atom stereocenters. The molecule has 0 aliphatic carbocycles. The number of carbonyl (C=O) groups excluding carboxylic acids is 2. The fraction of sp³-hybridized carbons (Fsp3) is 0. The first-order valence-electron chi connectivity index (χ1n) is 8.08. The summed E-state index contributed by atoms with van der Waals surface area (Å²) in [7, 11) is 0. The zero-order valence-electron chi connectivity index (χ0n) is 14.1. The Morgan fingerprint density at radius 3 is 2.15 bits per heavy atom. The van der Waals surface area contributed by atoms with Crippen LogP contribution in [-0.4, -0.2) is 11.8 Å². The molecule has 134 valence electrons. The molecule has 5 heteroatoms. The van der Waals surface area contributed by atoms with E-state index in [1.54, 1.807) is 60.7 Å². The minimum Gasteiger partial charge on any atom is -0.423 e. The standard InChI is InChI=1S/C22H14Br2O3/c23-17-10-8-16(9-11-17)21(25)14-7-15-5-12-18(13-6-15)27-22(26)19-3-1-2-4-20(19)24/h1-14H. The summed E-state index contributed by atoms with van der Waals surface area (Å²) in [5, 5.41) is 0. The largest absolute Gasteiger partial charge is 0.423 e. The van der Waals surface area contributed by atoms with Crippen LogP contribution in [-0.2, 0) is 0 Å². The summed E-state index contributed by atoms with van der Waals surface area (Å²) < 4.78 is 6.99. The Bertz CT molecular complexity index is 991. The number of ketones is 1. The summed E-state index contributed by atoms with van der Waals surface area (Å²) in [6.07, 6.45) is 3.25. The molecule has 0 heterocycles. The van der Waals surface area contributed by atoms with Crippen molar-refractivity contribution < 1.29 is 14.3 Å². The average Bonchev–Trinajstić information content (AvgIpc) is 2.68. The average molecular weight is 486 g/mol. The normalized spacial score (nSPS) is 10.7. The van der Waals surface area contributed by atoms with Gasteiger partial charge < -0.3 is 4.74 Å². The van der Waals surface area contributed by atoms with Gasteiger partial charge in [-0.05, 0) is 76.1 Å². The van der Waals surface area contributed by atoms with E-state index in [0.717, 1.165) is 10.0 Å². The molecule has 0 saturated carbocycles. The number of ether oxygens (including phenoxy) is 1. The first-order valence-corrected chi connectivity index (χ1v) is 9.66. The lowest BCUT2D eigenvalue weighted by Crippen LogP contribution is -2.09. The first-order chi connectivity index (χ1) is 13.0. The summed E-state index contributed by atoms with van der Waals surface area (Å²) >= 11 is 6.68. The molecule has 0 aliphatic heterocycles. The quantitative estimate of drug-likeness (QED) is 0.183. The summed E-state index contributed by atoms with van der Waals surface area (Å²) in [6, 6.07) is 21.2. The van der Waals surface area contributed by atoms with Crippen LogP contribution in [0.2, 0.25) is 0 Å². The maximum absolute atomic E-state index is 12.2. The molecule has 0 radical (unpaired) electrons. The minimum atomic E-state index is -0.434. The van der Waals surface area contributed by atoms with E-state index in [-0.39, 0.29) is 5.78 Å². The zero-order chi connectivity index (χ0) is 19.2. The van der Waals surface area contributed by atoms with Crippen molar-refractivity contribution in [1.82, 2.24) is 0 Å². The monoisotopic (exact) mass is 484 g/mol. The highest BCUT2D eigenvalue weighted by atomic mass is 79.9. The Balaban J connectivity index is 1.65. The van der Waals surface area contributed by atoms with Crippen molar-refractivity contribution >= 4 is 49.7 Å². The van der Waals surface area contributed by atoms with Crippen LogP contribution >= 0.6 is 31.9 Å². The lowest BCUT2D eigenvalue weighted by molar-refractivity contribution is 0.0733. The molecule has 3 rings (SSSR count). The van der Waals surface area contributed by atoms with Gasteiger partial charge in [0, 0.05) is 14.5 Å². The maximum Gasteiger partial charge on any atom is 0.344 e. The van der Waals surface area contributed by atoms with Crippen LogP contribution < -0.4 is 4.74 Å². The third kappa shape index (κ3) is 5.25. The molecule has 3 aromatic rings. The summed E-state index contributed by atoms with van der Waals surface area (Å²) in [5.41, 5.74) is 1.91. The van der Waals surface area contributed by atoms with Crippen LogP contribution in [0.5, 0.6) is 5.75 Å². The molecular weight excluding hydrogens is 472 g/mol. The van der Waals surface area contributed by atoms with Crippen molar-refractivity contribution in [2.24, 2.45) is 0 Å². The topological polar surface area (TPSA) is 43.4 Å². The second-order valence-electron chi connectivity index (χ2n) is 5.64. The van der Waals surface area contributed by atoms with E-state index in [0.29, 0.717) is 21.3 Å². The predicted octanol–water partition coefficient (Wildman–Crippen LogP) is 6.33. The van der Waals surface area contributed by atoms with Crippen molar-refractivity contribution in [2.75, 3.05) is 0 Å². The van der Waals surface area contributed by atoms with Crippen molar-refractivity contribution in [3.63, 3.8) is 0 Å². The van der Waals surface area contributed by atoms with E-state index in [4.69, 9.17) is 4.74 Å². The molecule has 0 amide bonds. The van der Waals surface area contributed by atoms with Gasteiger partial charge in [-0.25, -0.2) is 4.79 Å².